The lowest BCUT2D eigenvalue weighted by Crippen LogP contribution is -2.24. The van der Waals surface area contributed by atoms with Gasteiger partial charge in [-0.3, -0.25) is 0 Å². The summed E-state index contributed by atoms with van der Waals surface area (Å²) in [6.07, 6.45) is 0.953. The summed E-state index contributed by atoms with van der Waals surface area (Å²) in [6.45, 7) is 6.74. The van der Waals surface area contributed by atoms with Gasteiger partial charge in [0.1, 0.15) is 0 Å². The zero-order chi connectivity index (χ0) is 12.3. The second-order valence-corrected chi connectivity index (χ2v) is 6.57. The molecule has 3 heteroatoms. The van der Waals surface area contributed by atoms with Gasteiger partial charge >= 0.3 is 0 Å². The molecule has 16 heavy (non-hydrogen) atoms. The summed E-state index contributed by atoms with van der Waals surface area (Å²) in [4.78, 5) is 0. The summed E-state index contributed by atoms with van der Waals surface area (Å²) in [5.41, 5.74) is 1.39. The zero-order valence-electron chi connectivity index (χ0n) is 9.86. The van der Waals surface area contributed by atoms with Gasteiger partial charge in [-0.25, -0.2) is 0 Å². The number of rotatable bonds is 3. The normalized spacial score (nSPS) is 13.9. The van der Waals surface area contributed by atoms with Crippen LogP contribution in [0, 0.1) is 11.3 Å². The number of benzene rings is 1. The Kier molecular flexibility index (Phi) is 5.15. The first kappa shape index (κ1) is 14.3. The topological polar surface area (TPSA) is 0 Å². The van der Waals surface area contributed by atoms with Crippen LogP contribution in [0.1, 0.15) is 26.3 Å². The summed E-state index contributed by atoms with van der Waals surface area (Å²) in [5, 5.41) is 2.31. The van der Waals surface area contributed by atoms with Gasteiger partial charge in [0.25, 0.3) is 0 Å². The summed E-state index contributed by atoms with van der Waals surface area (Å²) >= 11 is 15.8. The highest BCUT2D eigenvalue weighted by atomic mass is 79.9. The Hall–Kier alpha value is 0.280. The van der Waals surface area contributed by atoms with E-state index in [0.717, 1.165) is 17.3 Å². The van der Waals surface area contributed by atoms with Crippen LogP contribution in [0.25, 0.3) is 0 Å². The van der Waals surface area contributed by atoms with Crippen molar-refractivity contribution in [3.63, 3.8) is 0 Å². The minimum absolute atomic E-state index is 0.259. The molecule has 0 heterocycles. The lowest BCUT2D eigenvalue weighted by atomic mass is 9.78. The molecule has 0 fully saturated rings. The fourth-order valence-corrected chi connectivity index (χ4v) is 3.16. The van der Waals surface area contributed by atoms with Crippen molar-refractivity contribution < 1.29 is 0 Å². The Morgan fingerprint density at radius 1 is 1.25 bits per heavy atom. The standard InChI is InChI=1S/C13H17BrCl2/c1-13(2,3)10(8-14)7-9-5-4-6-11(15)12(9)16/h4-6,10H,7-8H2,1-3H3. The van der Waals surface area contributed by atoms with Crippen molar-refractivity contribution in [1.29, 1.82) is 0 Å². The van der Waals surface area contributed by atoms with Crippen molar-refractivity contribution in [2.45, 2.75) is 27.2 Å². The molecule has 0 aliphatic carbocycles. The van der Waals surface area contributed by atoms with Crippen molar-refractivity contribution in [2.75, 3.05) is 5.33 Å². The molecule has 1 aromatic carbocycles. The molecule has 0 saturated carbocycles. The van der Waals surface area contributed by atoms with Crippen LogP contribution in [0.3, 0.4) is 0 Å². The molecule has 0 N–H and O–H groups in total. The molecule has 0 aliphatic rings. The van der Waals surface area contributed by atoms with Gasteiger partial charge in [-0.2, -0.15) is 0 Å². The summed E-state index contributed by atoms with van der Waals surface area (Å²) in [5.74, 6) is 0.545. The predicted molar refractivity (Wildman–Crippen MR) is 76.9 cm³/mol. The second-order valence-electron chi connectivity index (χ2n) is 5.13. The van der Waals surface area contributed by atoms with Crippen LogP contribution < -0.4 is 0 Å². The summed E-state index contributed by atoms with van der Waals surface area (Å²) in [7, 11) is 0. The van der Waals surface area contributed by atoms with Crippen LogP contribution in [0.5, 0.6) is 0 Å². The first-order chi connectivity index (χ1) is 7.36. The molecule has 0 saturated heterocycles. The zero-order valence-corrected chi connectivity index (χ0v) is 13.0. The molecule has 1 atom stereocenters. The van der Waals surface area contributed by atoms with Gasteiger partial charge in [0.05, 0.1) is 10.0 Å². The van der Waals surface area contributed by atoms with Gasteiger partial charge in [0.2, 0.25) is 0 Å². The number of halogens is 3. The van der Waals surface area contributed by atoms with Gasteiger partial charge < -0.3 is 0 Å². The van der Waals surface area contributed by atoms with Crippen LogP contribution in [0.15, 0.2) is 18.2 Å². The lowest BCUT2D eigenvalue weighted by Gasteiger charge is -2.29. The quantitative estimate of drug-likeness (QED) is 0.636. The molecule has 1 unspecified atom stereocenters. The first-order valence-electron chi connectivity index (χ1n) is 5.35. The molecule has 0 spiro atoms. The number of hydrogen-bond donors (Lipinski definition) is 0. The Balaban J connectivity index is 2.91. The molecule has 0 aliphatic heterocycles. The monoisotopic (exact) mass is 322 g/mol. The van der Waals surface area contributed by atoms with Crippen LogP contribution in [0.2, 0.25) is 10.0 Å². The minimum Gasteiger partial charge on any atom is -0.0925 e. The average molecular weight is 324 g/mol. The Labute approximate surface area is 116 Å². The Bertz CT molecular complexity index is 355. The van der Waals surface area contributed by atoms with E-state index in [4.69, 9.17) is 23.2 Å². The van der Waals surface area contributed by atoms with Crippen molar-refractivity contribution in [3.8, 4) is 0 Å². The van der Waals surface area contributed by atoms with E-state index in [9.17, 15) is 0 Å². The smallest absolute Gasteiger partial charge is 0.0624 e. The Morgan fingerprint density at radius 3 is 2.38 bits per heavy atom. The molecule has 0 nitrogen and oxygen atoms in total. The van der Waals surface area contributed by atoms with Gasteiger partial charge in [-0.05, 0) is 29.4 Å². The molecule has 0 radical (unpaired) electrons. The van der Waals surface area contributed by atoms with E-state index in [2.05, 4.69) is 42.8 Å². The van der Waals surface area contributed by atoms with Crippen LogP contribution in [-0.2, 0) is 6.42 Å². The number of hydrogen-bond acceptors (Lipinski definition) is 0. The van der Waals surface area contributed by atoms with Crippen LogP contribution >= 0.6 is 39.1 Å². The third kappa shape index (κ3) is 3.65. The van der Waals surface area contributed by atoms with Crippen molar-refractivity contribution in [3.05, 3.63) is 33.8 Å². The molecular formula is C13H17BrCl2. The molecule has 0 amide bonds. The molecule has 1 aromatic rings. The maximum absolute atomic E-state index is 6.20. The third-order valence-electron chi connectivity index (χ3n) is 2.91. The van der Waals surface area contributed by atoms with E-state index in [1.54, 1.807) is 0 Å². The van der Waals surface area contributed by atoms with E-state index in [-0.39, 0.29) is 5.41 Å². The molecule has 1 rings (SSSR count). The summed E-state index contributed by atoms with van der Waals surface area (Å²) in [6, 6.07) is 5.83. The number of alkyl halides is 1. The fourth-order valence-electron chi connectivity index (χ4n) is 1.56. The molecule has 90 valence electrons. The fraction of sp³-hybridized carbons (Fsp3) is 0.538. The van der Waals surface area contributed by atoms with Gasteiger partial charge in [0, 0.05) is 5.33 Å². The second kappa shape index (κ2) is 5.75. The van der Waals surface area contributed by atoms with E-state index in [1.807, 2.05) is 12.1 Å². The highest BCUT2D eigenvalue weighted by Crippen LogP contribution is 2.34. The maximum Gasteiger partial charge on any atom is 0.0624 e. The average Bonchev–Trinajstić information content (AvgIpc) is 2.18. The highest BCUT2D eigenvalue weighted by molar-refractivity contribution is 9.09. The summed E-state index contributed by atoms with van der Waals surface area (Å²) < 4.78 is 0. The van der Waals surface area contributed by atoms with Gasteiger partial charge in [0.15, 0.2) is 0 Å². The minimum atomic E-state index is 0.259. The lowest BCUT2D eigenvalue weighted by molar-refractivity contribution is 0.267. The van der Waals surface area contributed by atoms with Crippen molar-refractivity contribution in [1.82, 2.24) is 0 Å². The van der Waals surface area contributed by atoms with Gasteiger partial charge in [-0.1, -0.05) is 72.0 Å². The van der Waals surface area contributed by atoms with E-state index in [1.165, 1.54) is 0 Å². The first-order valence-corrected chi connectivity index (χ1v) is 7.23. The van der Waals surface area contributed by atoms with E-state index < -0.39 is 0 Å². The van der Waals surface area contributed by atoms with Crippen LogP contribution in [0.4, 0.5) is 0 Å². The Morgan fingerprint density at radius 2 is 1.88 bits per heavy atom. The van der Waals surface area contributed by atoms with E-state index >= 15 is 0 Å². The third-order valence-corrected chi connectivity index (χ3v) is 4.55. The largest absolute Gasteiger partial charge is 0.0925 e. The van der Waals surface area contributed by atoms with Crippen molar-refractivity contribution >= 4 is 39.1 Å². The van der Waals surface area contributed by atoms with Crippen LogP contribution in [-0.4, -0.2) is 5.33 Å². The maximum atomic E-state index is 6.20. The predicted octanol–water partition coefficient (Wildman–Crippen LogP) is 5.59. The molecular weight excluding hydrogens is 307 g/mol. The molecule has 0 bridgehead atoms. The SMILES string of the molecule is CC(C)(C)C(CBr)Cc1cccc(Cl)c1Cl. The van der Waals surface area contributed by atoms with Crippen molar-refractivity contribution in [2.24, 2.45) is 11.3 Å². The highest BCUT2D eigenvalue weighted by Gasteiger charge is 2.24. The molecule has 0 aromatic heterocycles. The van der Waals surface area contributed by atoms with E-state index in [0.29, 0.717) is 16.0 Å². The van der Waals surface area contributed by atoms with Gasteiger partial charge in [-0.15, -0.1) is 0 Å².